The Morgan fingerprint density at radius 2 is 0.788 bits per heavy atom. The molecule has 0 aromatic heterocycles. The van der Waals surface area contributed by atoms with Gasteiger partial charge in [-0.25, -0.2) is 0 Å². The Hall–Kier alpha value is -1.72. The zero-order chi connectivity index (χ0) is 39.3. The van der Waals surface area contributed by atoms with Crippen LogP contribution in [0.25, 0.3) is 0 Å². The van der Waals surface area contributed by atoms with E-state index in [9.17, 15) is 44.7 Å². The lowest BCUT2D eigenvalue weighted by atomic mass is 9.66. The van der Waals surface area contributed by atoms with Crippen molar-refractivity contribution in [1.29, 1.82) is 0 Å². The second-order valence-electron chi connectivity index (χ2n) is 15.0. The molecule has 1 unspecified atom stereocenters. The van der Waals surface area contributed by atoms with Crippen molar-refractivity contribution in [2.75, 3.05) is 6.61 Å². The van der Waals surface area contributed by atoms with Crippen molar-refractivity contribution in [3.8, 4) is 0 Å². The molecule has 0 saturated heterocycles. The maximum Gasteiger partial charge on any atom is 0.305 e. The highest BCUT2D eigenvalue weighted by Gasteiger charge is 2.67. The summed E-state index contributed by atoms with van der Waals surface area (Å²) in [5.74, 6) is -3.83. The SMILES string of the molecule is CCCCCCCCC(=O)OC[C@@H](O)[C@](O)(C(=O)CCCCCCCC)[C@@](O)(C(=O)CCCCCCCC)[C@@H](O)C(O)C(=O)CCCCCCCC. The Labute approximate surface area is 315 Å². The van der Waals surface area contributed by atoms with E-state index in [1.54, 1.807) is 0 Å². The number of carbonyl (C=O) groups is 4. The van der Waals surface area contributed by atoms with Crippen molar-refractivity contribution in [1.82, 2.24) is 0 Å². The van der Waals surface area contributed by atoms with Crippen LogP contribution in [0.4, 0.5) is 0 Å². The second-order valence-corrected chi connectivity index (χ2v) is 15.0. The van der Waals surface area contributed by atoms with Gasteiger partial charge in [-0.3, -0.25) is 19.2 Å². The van der Waals surface area contributed by atoms with E-state index >= 15 is 0 Å². The molecule has 0 radical (unpaired) electrons. The van der Waals surface area contributed by atoms with Gasteiger partial charge in [-0.1, -0.05) is 156 Å². The third-order valence-electron chi connectivity index (χ3n) is 10.4. The third kappa shape index (κ3) is 18.5. The molecular formula is C42H78O10. The number of aliphatic hydroxyl groups is 5. The number of unbranched alkanes of at least 4 members (excludes halogenated alkanes) is 20. The maximum atomic E-state index is 14.0. The molecule has 0 amide bonds. The topological polar surface area (TPSA) is 179 Å². The average molecular weight is 743 g/mol. The predicted octanol–water partition coefficient (Wildman–Crippen LogP) is 7.78. The van der Waals surface area contributed by atoms with Crippen LogP contribution < -0.4 is 0 Å². The van der Waals surface area contributed by atoms with Gasteiger partial charge in [0, 0.05) is 25.7 Å². The molecule has 0 aliphatic rings. The molecule has 5 N–H and O–H groups in total. The Bertz CT molecular complexity index is 955. The molecule has 306 valence electrons. The number of carbonyl (C=O) groups excluding carboxylic acids is 4. The average Bonchev–Trinajstić information content (AvgIpc) is 3.14. The molecule has 5 atom stereocenters. The lowest BCUT2D eigenvalue weighted by Gasteiger charge is -2.47. The quantitative estimate of drug-likeness (QED) is 0.0312. The van der Waals surface area contributed by atoms with Crippen molar-refractivity contribution in [3.63, 3.8) is 0 Å². The first kappa shape index (κ1) is 50.3. The summed E-state index contributed by atoms with van der Waals surface area (Å²) < 4.78 is 5.26. The fourth-order valence-corrected chi connectivity index (χ4v) is 6.81. The molecule has 0 aliphatic heterocycles. The number of esters is 1. The van der Waals surface area contributed by atoms with Crippen molar-refractivity contribution >= 4 is 23.3 Å². The molecule has 0 fully saturated rings. The van der Waals surface area contributed by atoms with Gasteiger partial charge in [-0.15, -0.1) is 0 Å². The number of hydrogen-bond acceptors (Lipinski definition) is 10. The first-order valence-corrected chi connectivity index (χ1v) is 21.1. The van der Waals surface area contributed by atoms with Gasteiger partial charge in [-0.2, -0.15) is 0 Å². The first-order valence-electron chi connectivity index (χ1n) is 21.1. The van der Waals surface area contributed by atoms with Crippen LogP contribution >= 0.6 is 0 Å². The molecule has 0 aliphatic carbocycles. The highest BCUT2D eigenvalue weighted by atomic mass is 16.5. The van der Waals surface area contributed by atoms with Crippen molar-refractivity contribution in [2.45, 2.75) is 237 Å². The summed E-state index contributed by atoms with van der Waals surface area (Å²) in [6.45, 7) is 7.41. The maximum absolute atomic E-state index is 14.0. The van der Waals surface area contributed by atoms with Crippen LogP contribution in [0.2, 0.25) is 0 Å². The fourth-order valence-electron chi connectivity index (χ4n) is 6.81. The van der Waals surface area contributed by atoms with Gasteiger partial charge in [0.25, 0.3) is 0 Å². The van der Waals surface area contributed by atoms with Gasteiger partial charge in [0.15, 0.2) is 28.6 Å². The molecule has 0 rings (SSSR count). The lowest BCUT2D eigenvalue weighted by Crippen LogP contribution is -2.76. The van der Waals surface area contributed by atoms with Crippen LogP contribution in [0.1, 0.15) is 207 Å². The molecule has 10 heteroatoms. The number of rotatable bonds is 37. The molecule has 10 nitrogen and oxygen atoms in total. The van der Waals surface area contributed by atoms with E-state index < -0.39 is 59.4 Å². The summed E-state index contributed by atoms with van der Waals surface area (Å²) in [6, 6.07) is 0. The summed E-state index contributed by atoms with van der Waals surface area (Å²) in [4.78, 5) is 53.8. The largest absolute Gasteiger partial charge is 0.463 e. The summed E-state index contributed by atoms with van der Waals surface area (Å²) in [6.07, 6.45) is 11.9. The van der Waals surface area contributed by atoms with E-state index in [1.807, 2.05) is 0 Å². The number of hydrogen-bond donors (Lipinski definition) is 5. The number of aliphatic hydroxyl groups excluding tert-OH is 3. The van der Waals surface area contributed by atoms with Gasteiger partial charge in [0.2, 0.25) is 0 Å². The Kier molecular flexibility index (Phi) is 29.6. The van der Waals surface area contributed by atoms with E-state index in [1.165, 1.54) is 0 Å². The second kappa shape index (κ2) is 30.6. The van der Waals surface area contributed by atoms with E-state index in [-0.39, 0.29) is 38.5 Å². The van der Waals surface area contributed by atoms with E-state index in [0.717, 1.165) is 109 Å². The molecular weight excluding hydrogens is 664 g/mol. The van der Waals surface area contributed by atoms with Gasteiger partial charge < -0.3 is 30.3 Å². The van der Waals surface area contributed by atoms with Crippen molar-refractivity contribution in [3.05, 3.63) is 0 Å². The molecule has 0 aromatic carbocycles. The molecule has 0 aromatic rings. The van der Waals surface area contributed by atoms with Gasteiger partial charge in [0.05, 0.1) is 0 Å². The summed E-state index contributed by atoms with van der Waals surface area (Å²) >= 11 is 0. The van der Waals surface area contributed by atoms with E-state index in [0.29, 0.717) is 32.1 Å². The lowest BCUT2D eigenvalue weighted by molar-refractivity contribution is -0.242. The number of Topliss-reactive ketones (excluding diaryl/α,β-unsaturated/α-hetero) is 3. The smallest absolute Gasteiger partial charge is 0.305 e. The predicted molar refractivity (Wildman–Crippen MR) is 206 cm³/mol. The van der Waals surface area contributed by atoms with Crippen LogP contribution in [0.5, 0.6) is 0 Å². The highest BCUT2D eigenvalue weighted by Crippen LogP contribution is 2.37. The van der Waals surface area contributed by atoms with Crippen LogP contribution in [0.3, 0.4) is 0 Å². The van der Waals surface area contributed by atoms with Gasteiger partial charge in [-0.05, 0) is 25.7 Å². The number of ether oxygens (including phenoxy) is 1. The summed E-state index contributed by atoms with van der Waals surface area (Å²) in [5, 5.41) is 58.5. The first-order chi connectivity index (χ1) is 24.9. The van der Waals surface area contributed by atoms with Gasteiger partial charge in [0.1, 0.15) is 24.9 Å². The summed E-state index contributed by atoms with van der Waals surface area (Å²) in [7, 11) is 0. The zero-order valence-electron chi connectivity index (χ0n) is 33.5. The standard InChI is InChI=1S/C42H78O10/c1-5-9-13-17-21-25-29-34(43)39(48)40(49)42(51,36(45)31-27-23-19-15-11-7-3)41(50,35(44)30-26-22-18-14-10-6-2)37(46)33-52-38(47)32-28-24-20-16-12-8-4/h37,39-40,46,48-51H,5-33H2,1-4H3/t37-,39?,40+,41-,42-/m1/s1. The molecule has 0 heterocycles. The molecule has 52 heavy (non-hydrogen) atoms. The normalized spacial score (nSPS) is 15.7. The van der Waals surface area contributed by atoms with E-state index in [4.69, 9.17) is 4.74 Å². The monoisotopic (exact) mass is 743 g/mol. The fraction of sp³-hybridized carbons (Fsp3) is 0.905. The molecule has 0 saturated carbocycles. The highest BCUT2D eigenvalue weighted by molar-refractivity contribution is 6.01. The van der Waals surface area contributed by atoms with Crippen LogP contribution in [0.15, 0.2) is 0 Å². The summed E-state index contributed by atoms with van der Waals surface area (Å²) in [5.41, 5.74) is -6.84. The van der Waals surface area contributed by atoms with Gasteiger partial charge >= 0.3 is 5.97 Å². The van der Waals surface area contributed by atoms with Crippen LogP contribution in [0, 0.1) is 0 Å². The molecule has 0 bridgehead atoms. The minimum Gasteiger partial charge on any atom is -0.463 e. The Balaban J connectivity index is 6.36. The Morgan fingerprint density at radius 1 is 0.462 bits per heavy atom. The minimum absolute atomic E-state index is 0.0402. The van der Waals surface area contributed by atoms with Crippen LogP contribution in [-0.4, -0.2) is 85.0 Å². The Morgan fingerprint density at radius 3 is 1.19 bits per heavy atom. The minimum atomic E-state index is -3.46. The van der Waals surface area contributed by atoms with Crippen molar-refractivity contribution in [2.24, 2.45) is 0 Å². The van der Waals surface area contributed by atoms with Crippen molar-refractivity contribution < 1.29 is 49.4 Å². The molecule has 0 spiro atoms. The van der Waals surface area contributed by atoms with Crippen LogP contribution in [-0.2, 0) is 23.9 Å². The third-order valence-corrected chi connectivity index (χ3v) is 10.4. The number of ketones is 3. The zero-order valence-corrected chi connectivity index (χ0v) is 33.5. The van der Waals surface area contributed by atoms with E-state index in [2.05, 4.69) is 27.7 Å².